The minimum absolute atomic E-state index is 0.0332. The molecular weight excluding hydrogens is 296 g/mol. The number of imidazole rings is 1. The lowest BCUT2D eigenvalue weighted by atomic mass is 9.90. The van der Waals surface area contributed by atoms with Gasteiger partial charge >= 0.3 is 0 Å². The molecule has 6 heteroatoms. The van der Waals surface area contributed by atoms with Crippen LogP contribution in [0.25, 0.3) is 5.52 Å². The second-order valence-electron chi connectivity index (χ2n) is 5.75. The summed E-state index contributed by atoms with van der Waals surface area (Å²) >= 11 is 1.38. The number of rotatable bonds is 5. The van der Waals surface area contributed by atoms with Crippen LogP contribution in [0.15, 0.2) is 35.7 Å². The van der Waals surface area contributed by atoms with E-state index in [9.17, 15) is 10.1 Å². The summed E-state index contributed by atoms with van der Waals surface area (Å²) in [4.78, 5) is 16.7. The first-order chi connectivity index (χ1) is 10.4. The van der Waals surface area contributed by atoms with Crippen LogP contribution in [0.1, 0.15) is 27.7 Å². The van der Waals surface area contributed by atoms with Crippen LogP contribution in [-0.4, -0.2) is 26.1 Å². The highest BCUT2D eigenvalue weighted by atomic mass is 32.2. The number of fused-ring (bicyclic) bond motifs is 1. The van der Waals surface area contributed by atoms with Gasteiger partial charge in [0.2, 0.25) is 5.91 Å². The number of carbonyl (C=O) groups is 1. The maximum Gasteiger partial charge on any atom is 0.234 e. The molecule has 22 heavy (non-hydrogen) atoms. The third kappa shape index (κ3) is 3.25. The topological polar surface area (TPSA) is 70.2 Å². The third-order valence-corrected chi connectivity index (χ3v) is 4.91. The lowest BCUT2D eigenvalue weighted by Gasteiger charge is -2.28. The van der Waals surface area contributed by atoms with Gasteiger partial charge in [-0.15, -0.1) is 0 Å². The van der Waals surface area contributed by atoms with E-state index < -0.39 is 5.54 Å². The largest absolute Gasteiger partial charge is 0.337 e. The molecule has 0 aliphatic carbocycles. The number of nitrogens with one attached hydrogen (secondary N) is 1. The molecule has 116 valence electrons. The van der Waals surface area contributed by atoms with Crippen molar-refractivity contribution >= 4 is 23.2 Å². The summed E-state index contributed by atoms with van der Waals surface area (Å²) in [5.74, 6) is -0.124. The van der Waals surface area contributed by atoms with E-state index in [2.05, 4.69) is 16.4 Å². The second kappa shape index (κ2) is 6.41. The van der Waals surface area contributed by atoms with Gasteiger partial charge in [0.15, 0.2) is 5.16 Å². The van der Waals surface area contributed by atoms with E-state index in [1.165, 1.54) is 11.8 Å². The van der Waals surface area contributed by atoms with E-state index in [0.29, 0.717) is 0 Å². The van der Waals surface area contributed by atoms with Crippen molar-refractivity contribution in [1.29, 1.82) is 5.26 Å². The van der Waals surface area contributed by atoms with E-state index in [0.717, 1.165) is 10.7 Å². The minimum atomic E-state index is -0.861. The fourth-order valence-corrected chi connectivity index (χ4v) is 2.75. The Bertz CT molecular complexity index is 718. The Morgan fingerprint density at radius 2 is 2.18 bits per heavy atom. The Morgan fingerprint density at radius 3 is 2.82 bits per heavy atom. The van der Waals surface area contributed by atoms with Gasteiger partial charge in [-0.05, 0) is 31.9 Å². The summed E-state index contributed by atoms with van der Waals surface area (Å²) < 4.78 is 1.94. The average Bonchev–Trinajstić information content (AvgIpc) is 2.90. The Morgan fingerprint density at radius 1 is 1.45 bits per heavy atom. The van der Waals surface area contributed by atoms with Crippen LogP contribution in [0, 0.1) is 17.2 Å². The molecule has 2 atom stereocenters. The monoisotopic (exact) mass is 316 g/mol. The highest BCUT2D eigenvalue weighted by Gasteiger charge is 2.32. The molecule has 0 fully saturated rings. The number of pyridine rings is 1. The predicted octanol–water partition coefficient (Wildman–Crippen LogP) is 2.87. The SMILES string of the molecule is CC(C)[C@](C)(C#N)NC(=O)[C@H](C)Sc1ncc2ccccn12. The molecule has 0 aliphatic heterocycles. The molecule has 2 heterocycles. The lowest BCUT2D eigenvalue weighted by Crippen LogP contribution is -2.51. The number of hydrogen-bond donors (Lipinski definition) is 1. The number of nitrogens with zero attached hydrogens (tertiary/aromatic N) is 3. The first kappa shape index (κ1) is 16.4. The Labute approximate surface area is 134 Å². The van der Waals surface area contributed by atoms with Crippen molar-refractivity contribution in [2.75, 3.05) is 0 Å². The van der Waals surface area contributed by atoms with Crippen LogP contribution in [-0.2, 0) is 4.79 Å². The van der Waals surface area contributed by atoms with Crippen LogP contribution < -0.4 is 5.32 Å². The van der Waals surface area contributed by atoms with Crippen molar-refractivity contribution in [2.24, 2.45) is 5.92 Å². The molecule has 0 aromatic carbocycles. The van der Waals surface area contributed by atoms with Gasteiger partial charge in [0.25, 0.3) is 0 Å². The van der Waals surface area contributed by atoms with E-state index in [1.54, 1.807) is 13.1 Å². The van der Waals surface area contributed by atoms with Crippen LogP contribution in [0.3, 0.4) is 0 Å². The summed E-state index contributed by atoms with van der Waals surface area (Å²) in [6.07, 6.45) is 3.70. The Balaban J connectivity index is 2.11. The summed E-state index contributed by atoms with van der Waals surface area (Å²) in [5.41, 5.74) is 0.127. The summed E-state index contributed by atoms with van der Waals surface area (Å²) in [6.45, 7) is 7.41. The number of thioether (sulfide) groups is 1. The summed E-state index contributed by atoms with van der Waals surface area (Å²) in [7, 11) is 0. The molecule has 5 nitrogen and oxygen atoms in total. The Kier molecular flexibility index (Phi) is 4.77. The van der Waals surface area contributed by atoms with Gasteiger partial charge in [-0.3, -0.25) is 9.20 Å². The molecular formula is C16H20N4OS. The summed E-state index contributed by atoms with van der Waals surface area (Å²) in [6, 6.07) is 8.03. The molecule has 0 saturated heterocycles. The molecule has 2 aromatic heterocycles. The molecule has 0 aliphatic rings. The number of hydrogen-bond acceptors (Lipinski definition) is 4. The number of aromatic nitrogens is 2. The fraction of sp³-hybridized carbons (Fsp3) is 0.438. The van der Waals surface area contributed by atoms with Crippen LogP contribution in [0.2, 0.25) is 0 Å². The van der Waals surface area contributed by atoms with Crippen molar-refractivity contribution in [3.8, 4) is 6.07 Å². The quantitative estimate of drug-likeness (QED) is 0.861. The predicted molar refractivity (Wildman–Crippen MR) is 87.5 cm³/mol. The number of amides is 1. The van der Waals surface area contributed by atoms with Crippen LogP contribution in [0.5, 0.6) is 0 Å². The summed E-state index contributed by atoms with van der Waals surface area (Å²) in [5, 5.41) is 12.6. The normalized spacial score (nSPS) is 15.3. The zero-order valence-corrected chi connectivity index (χ0v) is 14.0. The highest BCUT2D eigenvalue weighted by Crippen LogP contribution is 2.24. The van der Waals surface area contributed by atoms with Gasteiger partial charge < -0.3 is 5.32 Å². The molecule has 0 bridgehead atoms. The van der Waals surface area contributed by atoms with E-state index in [1.807, 2.05) is 49.6 Å². The van der Waals surface area contributed by atoms with Gasteiger partial charge in [-0.1, -0.05) is 31.7 Å². The van der Waals surface area contributed by atoms with Crippen molar-refractivity contribution in [2.45, 2.75) is 43.6 Å². The molecule has 1 amide bonds. The van der Waals surface area contributed by atoms with E-state index in [-0.39, 0.29) is 17.1 Å². The molecule has 0 saturated carbocycles. The van der Waals surface area contributed by atoms with E-state index in [4.69, 9.17) is 0 Å². The zero-order valence-electron chi connectivity index (χ0n) is 13.2. The van der Waals surface area contributed by atoms with Crippen LogP contribution in [0.4, 0.5) is 0 Å². The van der Waals surface area contributed by atoms with Crippen LogP contribution >= 0.6 is 11.8 Å². The van der Waals surface area contributed by atoms with Gasteiger partial charge in [0, 0.05) is 6.20 Å². The first-order valence-corrected chi connectivity index (χ1v) is 8.07. The highest BCUT2D eigenvalue weighted by molar-refractivity contribution is 8.00. The van der Waals surface area contributed by atoms with Crippen molar-refractivity contribution in [1.82, 2.24) is 14.7 Å². The van der Waals surface area contributed by atoms with Gasteiger partial charge in [-0.25, -0.2) is 4.98 Å². The standard InChI is InChI=1S/C16H20N4OS/c1-11(2)16(4,10-17)19-14(21)12(3)22-15-18-9-13-7-5-6-8-20(13)15/h5-9,11-12H,1-4H3,(H,19,21)/t12-,16-/m0/s1. The molecule has 0 radical (unpaired) electrons. The smallest absolute Gasteiger partial charge is 0.234 e. The fourth-order valence-electron chi connectivity index (χ4n) is 1.88. The van der Waals surface area contributed by atoms with Gasteiger partial charge in [0.05, 0.1) is 23.0 Å². The molecule has 2 rings (SSSR count). The first-order valence-electron chi connectivity index (χ1n) is 7.19. The second-order valence-corrected chi connectivity index (χ2v) is 7.06. The van der Waals surface area contributed by atoms with Crippen molar-refractivity contribution in [3.05, 3.63) is 30.6 Å². The maximum atomic E-state index is 12.4. The zero-order chi connectivity index (χ0) is 16.3. The lowest BCUT2D eigenvalue weighted by molar-refractivity contribution is -0.121. The Hall–Kier alpha value is -2.00. The maximum absolute atomic E-state index is 12.4. The van der Waals surface area contributed by atoms with Gasteiger partial charge in [0.1, 0.15) is 5.54 Å². The molecule has 0 spiro atoms. The van der Waals surface area contributed by atoms with Crippen molar-refractivity contribution < 1.29 is 4.79 Å². The van der Waals surface area contributed by atoms with Gasteiger partial charge in [-0.2, -0.15) is 5.26 Å². The number of nitriles is 1. The number of carbonyl (C=O) groups excluding carboxylic acids is 1. The molecule has 0 unspecified atom stereocenters. The third-order valence-electron chi connectivity index (χ3n) is 3.83. The molecule has 1 N–H and O–H groups in total. The minimum Gasteiger partial charge on any atom is -0.337 e. The average molecular weight is 316 g/mol. The molecule has 2 aromatic rings. The van der Waals surface area contributed by atoms with E-state index >= 15 is 0 Å². The van der Waals surface area contributed by atoms with Crippen molar-refractivity contribution in [3.63, 3.8) is 0 Å².